The van der Waals surface area contributed by atoms with E-state index in [4.69, 9.17) is 0 Å². The number of rotatable bonds is 4. The maximum Gasteiger partial charge on any atom is 0.253 e. The van der Waals surface area contributed by atoms with Crippen molar-refractivity contribution in [3.05, 3.63) is 54.0 Å². The van der Waals surface area contributed by atoms with E-state index in [-0.39, 0.29) is 23.7 Å². The monoisotopic (exact) mass is 395 g/mol. The van der Waals surface area contributed by atoms with Gasteiger partial charge in [0.05, 0.1) is 11.3 Å². The van der Waals surface area contributed by atoms with Gasteiger partial charge in [0.25, 0.3) is 5.91 Å². The fraction of sp³-hybridized carbons (Fsp3) is 0.435. The first-order chi connectivity index (χ1) is 14.1. The van der Waals surface area contributed by atoms with E-state index in [1.165, 1.54) is 18.3 Å². The van der Waals surface area contributed by atoms with Gasteiger partial charge < -0.3 is 10.2 Å². The number of carbonyl (C=O) groups is 2. The van der Waals surface area contributed by atoms with Gasteiger partial charge in [-0.25, -0.2) is 4.39 Å². The highest BCUT2D eigenvalue weighted by molar-refractivity contribution is 5.94. The first-order valence-corrected chi connectivity index (χ1v) is 10.4. The van der Waals surface area contributed by atoms with E-state index in [1.807, 2.05) is 4.90 Å². The number of benzene rings is 1. The first-order valence-electron chi connectivity index (χ1n) is 10.4. The summed E-state index contributed by atoms with van der Waals surface area (Å²) < 4.78 is 13.4. The lowest BCUT2D eigenvalue weighted by molar-refractivity contribution is -0.135. The summed E-state index contributed by atoms with van der Waals surface area (Å²) in [6, 6.07) is 9.77. The van der Waals surface area contributed by atoms with Crippen molar-refractivity contribution < 1.29 is 14.0 Å². The Morgan fingerprint density at radius 1 is 1.03 bits per heavy atom. The van der Waals surface area contributed by atoms with E-state index >= 15 is 0 Å². The molecule has 0 spiro atoms. The summed E-state index contributed by atoms with van der Waals surface area (Å²) in [4.78, 5) is 31.4. The van der Waals surface area contributed by atoms with Crippen LogP contribution < -0.4 is 5.32 Å². The van der Waals surface area contributed by atoms with Gasteiger partial charge in [-0.15, -0.1) is 0 Å². The molecule has 1 saturated heterocycles. The van der Waals surface area contributed by atoms with Crippen LogP contribution in [0.1, 0.15) is 48.9 Å². The molecule has 152 valence electrons. The van der Waals surface area contributed by atoms with E-state index in [0.717, 1.165) is 51.6 Å². The maximum atomic E-state index is 13.4. The van der Waals surface area contributed by atoms with E-state index in [1.54, 1.807) is 24.3 Å². The average molecular weight is 395 g/mol. The topological polar surface area (TPSA) is 62.3 Å². The number of nitrogens with one attached hydrogen (secondary N) is 1. The second-order valence-corrected chi connectivity index (χ2v) is 8.00. The number of aromatic nitrogens is 1. The third kappa shape index (κ3) is 4.63. The normalized spacial score (nSPS) is 21.8. The fourth-order valence-corrected chi connectivity index (χ4v) is 4.30. The summed E-state index contributed by atoms with van der Waals surface area (Å²) in [5, 5.41) is 3.07. The average Bonchev–Trinajstić information content (AvgIpc) is 3.29. The number of hydrogen-bond donors (Lipinski definition) is 1. The molecule has 0 bridgehead atoms. The van der Waals surface area contributed by atoms with Crippen LogP contribution in [0.2, 0.25) is 0 Å². The standard InChI is InChI=1S/C23H26FN3O2/c24-19-5-3-4-17(14-19)21-11-8-18(15-25-21)22(28)26-20-9-6-16(7-10-20)23(29)27-12-1-2-13-27/h3-5,8,11,14-16,20H,1-2,6-7,9-10,12-13H2,(H,26,28). The fourth-order valence-electron chi connectivity index (χ4n) is 4.30. The Balaban J connectivity index is 1.30. The molecule has 1 N–H and O–H groups in total. The zero-order valence-electron chi connectivity index (χ0n) is 16.4. The minimum Gasteiger partial charge on any atom is -0.349 e. The predicted molar refractivity (Wildman–Crippen MR) is 109 cm³/mol. The van der Waals surface area contributed by atoms with Gasteiger partial charge in [0.1, 0.15) is 5.82 Å². The Bertz CT molecular complexity index is 870. The Morgan fingerprint density at radius 3 is 2.45 bits per heavy atom. The Hall–Kier alpha value is -2.76. The number of nitrogens with zero attached hydrogens (tertiary/aromatic N) is 2. The zero-order chi connectivity index (χ0) is 20.2. The Kier molecular flexibility index (Phi) is 5.88. The smallest absolute Gasteiger partial charge is 0.253 e. The molecular formula is C23H26FN3O2. The SMILES string of the molecule is O=C(NC1CCC(C(=O)N2CCCC2)CC1)c1ccc(-c2cccc(F)c2)nc1. The van der Waals surface area contributed by atoms with Crippen molar-refractivity contribution in [1.29, 1.82) is 0 Å². The third-order valence-corrected chi connectivity index (χ3v) is 5.98. The van der Waals surface area contributed by atoms with Crippen LogP contribution in [0.25, 0.3) is 11.3 Å². The maximum absolute atomic E-state index is 13.4. The molecule has 2 heterocycles. The molecular weight excluding hydrogens is 369 g/mol. The van der Waals surface area contributed by atoms with Crippen LogP contribution in [0.15, 0.2) is 42.6 Å². The van der Waals surface area contributed by atoms with Gasteiger partial charge in [-0.05, 0) is 62.8 Å². The second-order valence-electron chi connectivity index (χ2n) is 8.00. The third-order valence-electron chi connectivity index (χ3n) is 5.98. The van der Waals surface area contributed by atoms with Crippen LogP contribution in [-0.4, -0.2) is 40.8 Å². The molecule has 1 aliphatic carbocycles. The van der Waals surface area contributed by atoms with Gasteiger partial charge in [0, 0.05) is 36.8 Å². The molecule has 1 aromatic carbocycles. The minimum absolute atomic E-state index is 0.0908. The number of amides is 2. The van der Waals surface area contributed by atoms with Gasteiger partial charge in [0.2, 0.25) is 5.91 Å². The van der Waals surface area contributed by atoms with Crippen LogP contribution >= 0.6 is 0 Å². The molecule has 0 radical (unpaired) electrons. The van der Waals surface area contributed by atoms with Gasteiger partial charge in [-0.3, -0.25) is 14.6 Å². The molecule has 1 saturated carbocycles. The lowest BCUT2D eigenvalue weighted by Crippen LogP contribution is -2.41. The summed E-state index contributed by atoms with van der Waals surface area (Å²) in [5.41, 5.74) is 1.79. The van der Waals surface area contributed by atoms with E-state index in [2.05, 4.69) is 10.3 Å². The summed E-state index contributed by atoms with van der Waals surface area (Å²) in [6.45, 7) is 1.79. The summed E-state index contributed by atoms with van der Waals surface area (Å²) in [6.07, 6.45) is 7.06. The molecule has 2 fully saturated rings. The van der Waals surface area contributed by atoms with Gasteiger partial charge in [-0.1, -0.05) is 12.1 Å². The number of pyridine rings is 1. The van der Waals surface area contributed by atoms with Crippen molar-refractivity contribution in [3.63, 3.8) is 0 Å². The number of carbonyl (C=O) groups excluding carboxylic acids is 2. The molecule has 1 aliphatic heterocycles. The molecule has 0 unspecified atom stereocenters. The van der Waals surface area contributed by atoms with Crippen LogP contribution in [0, 0.1) is 11.7 Å². The highest BCUT2D eigenvalue weighted by Crippen LogP contribution is 2.27. The quantitative estimate of drug-likeness (QED) is 0.857. The highest BCUT2D eigenvalue weighted by Gasteiger charge is 2.31. The lowest BCUT2D eigenvalue weighted by Gasteiger charge is -2.30. The second kappa shape index (κ2) is 8.72. The molecule has 4 rings (SSSR count). The number of likely N-dealkylation sites (tertiary alicyclic amines) is 1. The van der Waals surface area contributed by atoms with Crippen molar-refractivity contribution in [2.24, 2.45) is 5.92 Å². The molecule has 2 aliphatic rings. The first kappa shape index (κ1) is 19.6. The lowest BCUT2D eigenvalue weighted by atomic mass is 9.85. The summed E-state index contributed by atoms with van der Waals surface area (Å²) >= 11 is 0. The Labute approximate surface area is 170 Å². The van der Waals surface area contributed by atoms with Crippen molar-refractivity contribution in [2.45, 2.75) is 44.6 Å². The highest BCUT2D eigenvalue weighted by atomic mass is 19.1. The van der Waals surface area contributed by atoms with Crippen LogP contribution in [0.4, 0.5) is 4.39 Å². The van der Waals surface area contributed by atoms with Crippen LogP contribution in [-0.2, 0) is 4.79 Å². The van der Waals surface area contributed by atoms with E-state index in [9.17, 15) is 14.0 Å². The van der Waals surface area contributed by atoms with Crippen molar-refractivity contribution in [3.8, 4) is 11.3 Å². The van der Waals surface area contributed by atoms with Crippen molar-refractivity contribution in [2.75, 3.05) is 13.1 Å². The molecule has 29 heavy (non-hydrogen) atoms. The predicted octanol–water partition coefficient (Wildman–Crippen LogP) is 3.80. The molecule has 2 amide bonds. The van der Waals surface area contributed by atoms with E-state index < -0.39 is 0 Å². The number of halogens is 1. The molecule has 0 atom stereocenters. The van der Waals surface area contributed by atoms with E-state index in [0.29, 0.717) is 22.7 Å². The molecule has 1 aromatic heterocycles. The molecule has 2 aromatic rings. The van der Waals surface area contributed by atoms with Crippen molar-refractivity contribution in [1.82, 2.24) is 15.2 Å². The molecule has 5 nitrogen and oxygen atoms in total. The molecule has 6 heteroatoms. The summed E-state index contributed by atoms with van der Waals surface area (Å²) in [5.74, 6) is -0.0690. The van der Waals surface area contributed by atoms with Gasteiger partial charge in [-0.2, -0.15) is 0 Å². The van der Waals surface area contributed by atoms with Crippen LogP contribution in [0.3, 0.4) is 0 Å². The van der Waals surface area contributed by atoms with Gasteiger partial charge >= 0.3 is 0 Å². The van der Waals surface area contributed by atoms with Gasteiger partial charge in [0.15, 0.2) is 0 Å². The Morgan fingerprint density at radius 2 is 1.79 bits per heavy atom. The minimum atomic E-state index is -0.315. The summed E-state index contributed by atoms with van der Waals surface area (Å²) in [7, 11) is 0. The van der Waals surface area contributed by atoms with Crippen molar-refractivity contribution >= 4 is 11.8 Å². The zero-order valence-corrected chi connectivity index (χ0v) is 16.4. The number of hydrogen-bond acceptors (Lipinski definition) is 3. The largest absolute Gasteiger partial charge is 0.349 e. The van der Waals surface area contributed by atoms with Crippen LogP contribution in [0.5, 0.6) is 0 Å².